The first-order chi connectivity index (χ1) is 70.3. The van der Waals surface area contributed by atoms with E-state index in [-0.39, 0.29) is 144 Å². The van der Waals surface area contributed by atoms with Gasteiger partial charge in [-0.25, -0.2) is 13.1 Å². The number of benzene rings is 14. The van der Waals surface area contributed by atoms with Crippen LogP contribution >= 0.6 is 0 Å². The number of ketones is 10. The number of anilines is 17. The van der Waals surface area contributed by atoms with Crippen LogP contribution in [0.25, 0.3) is 0 Å². The van der Waals surface area contributed by atoms with Gasteiger partial charge in [0.1, 0.15) is 0 Å². The second-order valence-electron chi connectivity index (χ2n) is 36.6. The Kier molecular flexibility index (Phi) is 29.4. The van der Waals surface area contributed by atoms with Crippen molar-refractivity contribution in [2.45, 2.75) is 119 Å². The highest BCUT2D eigenvalue weighted by atomic mass is 32.2. The number of rotatable bonds is 18. The summed E-state index contributed by atoms with van der Waals surface area (Å²) in [5, 5.41) is 33.6. The van der Waals surface area contributed by atoms with E-state index in [4.69, 9.17) is 33.8 Å². The summed E-state index contributed by atoms with van der Waals surface area (Å²) in [7, 11) is -3.87. The molecule has 0 spiro atoms. The van der Waals surface area contributed by atoms with Gasteiger partial charge >= 0.3 is 0 Å². The van der Waals surface area contributed by atoms with Gasteiger partial charge in [-0.2, -0.15) is 0 Å². The number of nitrogens with one attached hydrogen (secondary N) is 9. The summed E-state index contributed by atoms with van der Waals surface area (Å²) in [5.74, 6) is -2.85. The van der Waals surface area contributed by atoms with Crippen LogP contribution in [0.5, 0.6) is 0 Å². The molecule has 0 saturated heterocycles. The van der Waals surface area contributed by atoms with Crippen molar-refractivity contribution in [3.05, 3.63) is 387 Å². The van der Waals surface area contributed by atoms with E-state index in [9.17, 15) is 70.7 Å². The average Bonchev–Trinajstić information content (AvgIpc) is 0.756. The molecule has 31 heteroatoms. The summed E-state index contributed by atoms with van der Waals surface area (Å²) < 4.78 is 27.9. The monoisotopic (exact) mass is 1980 g/mol. The number of aliphatic hydroxyl groups is 1. The predicted molar refractivity (Wildman–Crippen MR) is 573 cm³/mol. The van der Waals surface area contributed by atoms with Crippen LogP contribution in [0.15, 0.2) is 241 Å². The third-order valence-corrected chi connectivity index (χ3v) is 28.1. The number of nitrogen functional groups attached to an aromatic ring is 5. The summed E-state index contributed by atoms with van der Waals surface area (Å²) in [4.78, 5) is 166. The Balaban J connectivity index is 0.000000132. The molecule has 0 aliphatic heterocycles. The van der Waals surface area contributed by atoms with E-state index in [1.54, 1.807) is 261 Å². The SMILES string of the molecule is CC(=O)Nc1ccc(Nc2cc(C)c(N)c3c2C(=O)c2ccccc2C3=O)cc1.CC(=O)Nc1cccc(Nc2cc(C)c(N)c3c2C(=O)c2ccccc2C3=O)c1.CCC(=O)Nc1cccc(Nc2cc(C)c(N)c3c2C(=O)c2ccccc2C3=O)c1.Cc1cc(NC2CCCCC2)c2c(c1N)C(=O)c1ccccc1C2=O.Cc1cc(Nc2cc(C)c(N)c3c2C(=O)c2ccccc2C3=O)cc(S(=O)(=O)NCCO)c1C. The maximum absolute atomic E-state index is 13.4. The molecule has 0 atom stereocenters. The Morgan fingerprint density at radius 3 is 0.891 bits per heavy atom. The maximum Gasteiger partial charge on any atom is 0.240 e. The van der Waals surface area contributed by atoms with Crippen LogP contribution in [0.2, 0.25) is 0 Å². The minimum Gasteiger partial charge on any atom is -0.398 e. The van der Waals surface area contributed by atoms with Gasteiger partial charge in [0.2, 0.25) is 27.7 Å². The van der Waals surface area contributed by atoms with Crippen LogP contribution < -0.4 is 75.9 Å². The molecule has 742 valence electrons. The van der Waals surface area contributed by atoms with Gasteiger partial charge in [0.15, 0.2) is 57.8 Å². The number of sulfonamides is 1. The first-order valence-corrected chi connectivity index (χ1v) is 49.0. The zero-order valence-corrected chi connectivity index (χ0v) is 82.9. The molecule has 147 heavy (non-hydrogen) atoms. The molecule has 0 radical (unpaired) electrons. The highest BCUT2D eigenvalue weighted by molar-refractivity contribution is 7.89. The van der Waals surface area contributed by atoms with E-state index < -0.39 is 10.0 Å². The normalized spacial score (nSPS) is 13.2. The van der Waals surface area contributed by atoms with E-state index in [2.05, 4.69) is 47.3 Å². The number of aliphatic hydroxyl groups excluding tert-OH is 1. The molecule has 6 aliphatic carbocycles. The minimum atomic E-state index is -3.87. The number of fused-ring (bicyclic) bond motifs is 10. The highest BCUT2D eigenvalue weighted by Crippen LogP contribution is 2.46. The number of hydrogen-bond donors (Lipinski definition) is 15. The van der Waals surface area contributed by atoms with E-state index in [1.165, 1.54) is 39.2 Å². The van der Waals surface area contributed by atoms with Crippen molar-refractivity contribution in [3.63, 3.8) is 0 Å². The van der Waals surface area contributed by atoms with Crippen LogP contribution in [-0.4, -0.2) is 108 Å². The molecular weight excluding hydrogens is 1880 g/mol. The Morgan fingerprint density at radius 1 is 0.306 bits per heavy atom. The topological polar surface area (TPSA) is 515 Å². The lowest BCUT2D eigenvalue weighted by molar-refractivity contribution is -0.116. The van der Waals surface area contributed by atoms with Crippen molar-refractivity contribution in [1.82, 2.24) is 4.72 Å². The molecule has 30 nitrogen and oxygen atoms in total. The number of carbonyl (C=O) groups excluding carboxylic acids is 13. The van der Waals surface area contributed by atoms with Crippen molar-refractivity contribution in [2.75, 3.05) is 84.4 Å². The summed E-state index contributed by atoms with van der Waals surface area (Å²) in [6.07, 6.45) is 6.22. The number of nitrogens with two attached hydrogens (primary N) is 5. The zero-order chi connectivity index (χ0) is 105. The van der Waals surface area contributed by atoms with Gasteiger partial charge in [-0.3, -0.25) is 62.3 Å². The first kappa shape index (κ1) is 102. The van der Waals surface area contributed by atoms with Gasteiger partial charge < -0.3 is 76.3 Å². The molecule has 1 saturated carbocycles. The molecule has 3 amide bonds. The summed E-state index contributed by atoms with van der Waals surface area (Å²) in [6, 6.07) is 67.7. The van der Waals surface area contributed by atoms with Crippen molar-refractivity contribution in [3.8, 4) is 0 Å². The third-order valence-electron chi connectivity index (χ3n) is 26.5. The number of carbonyl (C=O) groups is 13. The number of hydrogen-bond acceptors (Lipinski definition) is 26. The van der Waals surface area contributed by atoms with E-state index in [0.29, 0.717) is 198 Å². The molecule has 0 unspecified atom stereocenters. The largest absolute Gasteiger partial charge is 0.398 e. The van der Waals surface area contributed by atoms with Crippen molar-refractivity contribution in [1.29, 1.82) is 0 Å². The second kappa shape index (κ2) is 42.3. The Hall–Kier alpha value is -17.9. The molecule has 14 aromatic carbocycles. The molecule has 0 bridgehead atoms. The number of aryl methyl sites for hydroxylation is 6. The fourth-order valence-electron chi connectivity index (χ4n) is 18.9. The van der Waals surface area contributed by atoms with Crippen molar-refractivity contribution >= 4 is 182 Å². The van der Waals surface area contributed by atoms with Crippen LogP contribution in [0, 0.1) is 48.5 Å². The Bertz CT molecular complexity index is 8100. The summed E-state index contributed by atoms with van der Waals surface area (Å²) in [5.41, 5.74) is 50.9. The molecule has 14 aromatic rings. The van der Waals surface area contributed by atoms with E-state index in [0.717, 1.165) is 24.1 Å². The van der Waals surface area contributed by atoms with Gasteiger partial charge in [0.05, 0.1) is 89.9 Å². The average molecular weight is 1980 g/mol. The van der Waals surface area contributed by atoms with Gasteiger partial charge in [-0.05, 0) is 203 Å². The maximum atomic E-state index is 13.4. The molecule has 20 rings (SSSR count). The van der Waals surface area contributed by atoms with Crippen molar-refractivity contribution in [2.24, 2.45) is 0 Å². The van der Waals surface area contributed by atoms with Gasteiger partial charge in [0.25, 0.3) is 0 Å². The van der Waals surface area contributed by atoms with Crippen LogP contribution in [0.4, 0.5) is 96.7 Å². The first-order valence-electron chi connectivity index (χ1n) is 47.6. The third kappa shape index (κ3) is 20.4. The van der Waals surface area contributed by atoms with Gasteiger partial charge in [-0.1, -0.05) is 160 Å². The lowest BCUT2D eigenvalue weighted by Gasteiger charge is -2.28. The molecule has 20 N–H and O–H groups in total. The van der Waals surface area contributed by atoms with Crippen LogP contribution in [0.3, 0.4) is 0 Å². The lowest BCUT2D eigenvalue weighted by atomic mass is 9.81. The standard InChI is InChI=1S/C25H25N3O5S.C24H21N3O3.2C23H19N3O3.C21H22N2O2/c1-13-10-16(12-20(15(13)3)34(32,33)27-8-9-29)28-19-11-14(2)23(26)22-21(19)24(30)17-6-4-5-7-18(17)25(22)31;1-3-19(28)27-15-8-6-7-14(12-15)26-18-11-13(2)22(25)21-20(18)23(29)16-9-4-5-10-17(16)24(21)30;1-12-10-18(26-15-7-5-6-14(11-15)25-13(2)27)19-20(21(12)24)23(29)17-9-4-3-8-16(17)22(19)28;1-12-11-18(26-15-9-7-14(8-10-15)25-13(2)27)19-20(21(12)24)23(29)17-6-4-3-5-16(17)22(19)28;1-12-11-16(23-13-7-3-2-4-8-13)17-18(19(12)22)21(25)15-10-6-5-9-14(15)20(17)24/h4-7,10-12,27-29H,8-9,26H2,1-3H3;4-12,26H,3,25H2,1-2H3,(H,27,28);2*3-11,26H,24H2,1-2H3,(H,25,27);5-6,9-11,13,23H,2-4,7-8,22H2,1H3. The van der Waals surface area contributed by atoms with Crippen LogP contribution in [-0.2, 0) is 24.4 Å². The summed E-state index contributed by atoms with van der Waals surface area (Å²) in [6.45, 7) is 16.7. The van der Waals surface area contributed by atoms with Crippen molar-refractivity contribution < 1.29 is 75.9 Å². The molecule has 0 aromatic heterocycles. The molecule has 1 fully saturated rings. The lowest BCUT2D eigenvalue weighted by Crippen LogP contribution is -2.28. The second-order valence-corrected chi connectivity index (χ2v) is 38.3. The fourth-order valence-corrected chi connectivity index (χ4v) is 20.3. The fraction of sp³-hybridized carbons (Fsp3) is 0.164. The van der Waals surface area contributed by atoms with Gasteiger partial charge in [-0.15, -0.1) is 0 Å². The summed E-state index contributed by atoms with van der Waals surface area (Å²) >= 11 is 0. The predicted octanol–water partition coefficient (Wildman–Crippen LogP) is 19.6. The smallest absolute Gasteiger partial charge is 0.240 e. The Morgan fingerprint density at radius 2 is 0.578 bits per heavy atom. The minimum absolute atomic E-state index is 0.0530. The molecular formula is C116H106N14O16S. The quantitative estimate of drug-likeness (QED) is 0.0355. The number of amides is 3. The van der Waals surface area contributed by atoms with Crippen LogP contribution in [0.1, 0.15) is 257 Å². The zero-order valence-electron chi connectivity index (χ0n) is 82.1. The molecule has 0 heterocycles. The Labute approximate surface area is 847 Å². The van der Waals surface area contributed by atoms with Gasteiger partial charge in [0, 0.05) is 162 Å². The highest BCUT2D eigenvalue weighted by Gasteiger charge is 2.41. The van der Waals surface area contributed by atoms with E-state index in [1.807, 2.05) is 25.1 Å². The molecule has 6 aliphatic rings. The van der Waals surface area contributed by atoms with E-state index >= 15 is 0 Å².